The number of rotatable bonds is 3. The van der Waals surface area contributed by atoms with E-state index in [4.69, 9.17) is 20.9 Å². The third kappa shape index (κ3) is 3.08. The molecule has 2 aromatic carbocycles. The van der Waals surface area contributed by atoms with Crippen molar-refractivity contribution in [3.8, 4) is 23.0 Å². The lowest BCUT2D eigenvalue weighted by molar-refractivity contribution is 0.00314. The highest BCUT2D eigenvalue weighted by atomic mass is 35.5. The van der Waals surface area contributed by atoms with Crippen LogP contribution < -0.4 is 0 Å². The first-order chi connectivity index (χ1) is 13.7. The molecule has 0 saturated heterocycles. The fourth-order valence-corrected chi connectivity index (χ4v) is 3.38. The quantitative estimate of drug-likeness (QED) is 0.503. The van der Waals surface area contributed by atoms with E-state index in [9.17, 15) is 4.39 Å². The molecular formula is C20H14ClFN4O2. The first-order valence-electron chi connectivity index (χ1n) is 8.68. The number of ether oxygens (including phenoxy) is 1. The van der Waals surface area contributed by atoms with Crippen LogP contribution in [0.1, 0.15) is 17.4 Å². The molecule has 1 unspecified atom stereocenters. The maximum atomic E-state index is 13.5. The van der Waals surface area contributed by atoms with Gasteiger partial charge >= 0.3 is 0 Å². The maximum absolute atomic E-state index is 13.5. The van der Waals surface area contributed by atoms with Gasteiger partial charge in [-0.3, -0.25) is 0 Å². The molecule has 1 atom stereocenters. The summed E-state index contributed by atoms with van der Waals surface area (Å²) in [6.07, 6.45) is 1.48. The second-order valence-electron chi connectivity index (χ2n) is 6.48. The Morgan fingerprint density at radius 2 is 2.00 bits per heavy atom. The van der Waals surface area contributed by atoms with Crippen LogP contribution >= 0.6 is 11.6 Å². The fourth-order valence-electron chi connectivity index (χ4n) is 3.25. The van der Waals surface area contributed by atoms with E-state index in [-0.39, 0.29) is 11.9 Å². The van der Waals surface area contributed by atoms with E-state index in [0.717, 1.165) is 16.8 Å². The third-order valence-electron chi connectivity index (χ3n) is 4.68. The van der Waals surface area contributed by atoms with E-state index in [1.165, 1.54) is 12.1 Å². The Morgan fingerprint density at radius 1 is 1.14 bits per heavy atom. The molecule has 2 aromatic heterocycles. The first kappa shape index (κ1) is 17.1. The predicted octanol–water partition coefficient (Wildman–Crippen LogP) is 4.66. The molecule has 5 rings (SSSR count). The van der Waals surface area contributed by atoms with E-state index in [2.05, 4.69) is 15.1 Å². The van der Waals surface area contributed by atoms with Crippen LogP contribution in [0.3, 0.4) is 0 Å². The third-order valence-corrected chi connectivity index (χ3v) is 4.93. The normalized spacial score (nSPS) is 16.1. The van der Waals surface area contributed by atoms with Crippen molar-refractivity contribution in [2.75, 3.05) is 0 Å². The summed E-state index contributed by atoms with van der Waals surface area (Å²) in [4.78, 5) is 8.87. The molecule has 0 bridgehead atoms. The Balaban J connectivity index is 1.42. The SMILES string of the molecule is Fc1cccc(C2Cn3cnc(-c4nc(-c5ccc(Cl)cc5)no4)c3CO2)c1. The lowest BCUT2D eigenvalue weighted by atomic mass is 10.1. The Kier molecular flexibility index (Phi) is 4.18. The van der Waals surface area contributed by atoms with Crippen LogP contribution in [0.5, 0.6) is 0 Å². The molecule has 0 N–H and O–H groups in total. The Hall–Kier alpha value is -3.03. The smallest absolute Gasteiger partial charge is 0.278 e. The zero-order valence-electron chi connectivity index (χ0n) is 14.5. The van der Waals surface area contributed by atoms with E-state index in [1.54, 1.807) is 24.5 Å². The molecule has 1 aliphatic rings. The van der Waals surface area contributed by atoms with Gasteiger partial charge in [-0.05, 0) is 42.0 Å². The van der Waals surface area contributed by atoms with Crippen molar-refractivity contribution >= 4 is 11.6 Å². The van der Waals surface area contributed by atoms with E-state index < -0.39 is 0 Å². The van der Waals surface area contributed by atoms with Crippen molar-refractivity contribution in [2.24, 2.45) is 0 Å². The van der Waals surface area contributed by atoms with Gasteiger partial charge in [0.05, 0.1) is 25.2 Å². The number of hydrogen-bond acceptors (Lipinski definition) is 5. The zero-order chi connectivity index (χ0) is 19.1. The highest BCUT2D eigenvalue weighted by Gasteiger charge is 2.26. The lowest BCUT2D eigenvalue weighted by Gasteiger charge is -2.25. The summed E-state index contributed by atoms with van der Waals surface area (Å²) < 4.78 is 26.8. The summed E-state index contributed by atoms with van der Waals surface area (Å²) in [5, 5.41) is 4.67. The Labute approximate surface area is 164 Å². The fraction of sp³-hybridized carbons (Fsp3) is 0.150. The Morgan fingerprint density at radius 3 is 2.82 bits per heavy atom. The molecule has 0 saturated carbocycles. The number of fused-ring (bicyclic) bond motifs is 1. The molecule has 0 aliphatic carbocycles. The van der Waals surface area contributed by atoms with E-state index >= 15 is 0 Å². The summed E-state index contributed by atoms with van der Waals surface area (Å²) in [7, 11) is 0. The number of aromatic nitrogens is 4. The van der Waals surface area contributed by atoms with Gasteiger partial charge in [-0.2, -0.15) is 4.98 Å². The van der Waals surface area contributed by atoms with Crippen molar-refractivity contribution in [3.63, 3.8) is 0 Å². The number of halogens is 2. The first-order valence-corrected chi connectivity index (χ1v) is 9.06. The predicted molar refractivity (Wildman–Crippen MR) is 99.9 cm³/mol. The standard InChI is InChI=1S/C20H14ClFN4O2/c21-14-6-4-12(5-7-14)19-24-20(28-25-19)18-16-10-27-17(9-26(16)11-23-18)13-2-1-3-15(22)8-13/h1-8,11,17H,9-10H2. The van der Waals surface area contributed by atoms with Gasteiger partial charge in [-0.1, -0.05) is 28.9 Å². The molecule has 6 nitrogen and oxygen atoms in total. The number of hydrogen-bond donors (Lipinski definition) is 0. The summed E-state index contributed by atoms with van der Waals surface area (Å²) in [5.41, 5.74) is 3.03. The monoisotopic (exact) mass is 396 g/mol. The molecule has 8 heteroatoms. The molecule has 4 aromatic rings. The van der Waals surface area contributed by atoms with Crippen LogP contribution in [-0.2, 0) is 17.9 Å². The number of benzene rings is 2. The highest BCUT2D eigenvalue weighted by molar-refractivity contribution is 6.30. The molecule has 3 heterocycles. The van der Waals surface area contributed by atoms with Gasteiger partial charge in [0.25, 0.3) is 5.89 Å². The van der Waals surface area contributed by atoms with Crippen LogP contribution in [0.4, 0.5) is 4.39 Å². The summed E-state index contributed by atoms with van der Waals surface area (Å²) in [6, 6.07) is 13.6. The molecular weight excluding hydrogens is 383 g/mol. The molecule has 140 valence electrons. The van der Waals surface area contributed by atoms with Gasteiger partial charge in [0, 0.05) is 10.6 Å². The summed E-state index contributed by atoms with van der Waals surface area (Å²) >= 11 is 5.92. The van der Waals surface area contributed by atoms with Crippen molar-refractivity contribution in [1.29, 1.82) is 0 Å². The molecule has 0 fully saturated rings. The van der Waals surface area contributed by atoms with Crippen LogP contribution in [0.15, 0.2) is 59.4 Å². The largest absolute Gasteiger partial charge is 0.365 e. The minimum absolute atomic E-state index is 0.238. The van der Waals surface area contributed by atoms with Crippen molar-refractivity contribution in [3.05, 3.63) is 77.0 Å². The average molecular weight is 397 g/mol. The van der Waals surface area contributed by atoms with Crippen LogP contribution in [0.25, 0.3) is 23.0 Å². The molecule has 0 spiro atoms. The molecule has 28 heavy (non-hydrogen) atoms. The lowest BCUT2D eigenvalue weighted by Crippen LogP contribution is -2.20. The van der Waals surface area contributed by atoms with Gasteiger partial charge in [-0.25, -0.2) is 9.37 Å². The maximum Gasteiger partial charge on any atom is 0.278 e. The minimum Gasteiger partial charge on any atom is -0.365 e. The zero-order valence-corrected chi connectivity index (χ0v) is 15.3. The second-order valence-corrected chi connectivity index (χ2v) is 6.91. The molecule has 0 radical (unpaired) electrons. The van der Waals surface area contributed by atoms with Crippen molar-refractivity contribution in [2.45, 2.75) is 19.3 Å². The molecule has 0 amide bonds. The number of nitrogens with zero attached hydrogens (tertiary/aromatic N) is 4. The number of imidazole rings is 1. The van der Waals surface area contributed by atoms with Crippen molar-refractivity contribution in [1.82, 2.24) is 19.7 Å². The van der Waals surface area contributed by atoms with Crippen LogP contribution in [-0.4, -0.2) is 19.7 Å². The molecule has 1 aliphatic heterocycles. The van der Waals surface area contributed by atoms with Crippen LogP contribution in [0, 0.1) is 5.82 Å². The van der Waals surface area contributed by atoms with Gasteiger partial charge in [0.2, 0.25) is 5.82 Å². The average Bonchev–Trinajstić information content (AvgIpc) is 3.35. The highest BCUT2D eigenvalue weighted by Crippen LogP contribution is 2.32. The topological polar surface area (TPSA) is 66.0 Å². The second kappa shape index (κ2) is 6.85. The van der Waals surface area contributed by atoms with Gasteiger partial charge in [0.1, 0.15) is 11.9 Å². The van der Waals surface area contributed by atoms with E-state index in [0.29, 0.717) is 35.6 Å². The van der Waals surface area contributed by atoms with Gasteiger partial charge in [-0.15, -0.1) is 0 Å². The minimum atomic E-state index is -0.279. The summed E-state index contributed by atoms with van der Waals surface area (Å²) in [6.45, 7) is 0.846. The van der Waals surface area contributed by atoms with Gasteiger partial charge in [0.15, 0.2) is 5.69 Å². The van der Waals surface area contributed by atoms with Crippen LogP contribution in [0.2, 0.25) is 5.02 Å². The van der Waals surface area contributed by atoms with E-state index in [1.807, 2.05) is 22.8 Å². The Bertz CT molecular complexity index is 1140. The summed E-state index contributed by atoms with van der Waals surface area (Å²) in [5.74, 6) is 0.507. The van der Waals surface area contributed by atoms with Crippen molar-refractivity contribution < 1.29 is 13.7 Å². The van der Waals surface area contributed by atoms with Gasteiger partial charge < -0.3 is 13.8 Å².